The predicted molar refractivity (Wildman–Crippen MR) is 131 cm³/mol. The van der Waals surface area contributed by atoms with Gasteiger partial charge in [-0.1, -0.05) is 35.1 Å². The first-order chi connectivity index (χ1) is 15.8. The number of nitrogens with zero attached hydrogens (tertiary/aromatic N) is 5. The van der Waals surface area contributed by atoms with Crippen LogP contribution in [-0.2, 0) is 6.54 Å². The molecule has 2 aromatic heterocycles. The summed E-state index contributed by atoms with van der Waals surface area (Å²) >= 11 is 7.72. The van der Waals surface area contributed by atoms with Crippen molar-refractivity contribution < 1.29 is 4.79 Å². The maximum absolute atomic E-state index is 11.5. The van der Waals surface area contributed by atoms with Crippen LogP contribution in [0.5, 0.6) is 0 Å². The third-order valence-corrected chi connectivity index (χ3v) is 6.15. The molecule has 1 aliphatic rings. The van der Waals surface area contributed by atoms with Crippen molar-refractivity contribution in [2.75, 3.05) is 4.90 Å². The molecule has 1 unspecified atom stereocenters. The number of carbonyl (C=O) groups is 1. The third kappa shape index (κ3) is 5.12. The van der Waals surface area contributed by atoms with E-state index in [4.69, 9.17) is 22.3 Å². The van der Waals surface area contributed by atoms with Crippen molar-refractivity contribution in [1.82, 2.24) is 25.6 Å². The molecule has 0 aliphatic carbocycles. The number of amides is 1. The fourth-order valence-corrected chi connectivity index (χ4v) is 4.34. The monoisotopic (exact) mass is 482 g/mol. The van der Waals surface area contributed by atoms with Crippen molar-refractivity contribution in [2.45, 2.75) is 33.5 Å². The van der Waals surface area contributed by atoms with Gasteiger partial charge in [-0.3, -0.25) is 14.8 Å². The summed E-state index contributed by atoms with van der Waals surface area (Å²) in [5, 5.41) is 7.81. The Morgan fingerprint density at radius 2 is 2.09 bits per heavy atom. The third-order valence-electron chi connectivity index (χ3n) is 4.94. The molecule has 0 fully saturated rings. The normalized spacial score (nSPS) is 17.0. The zero-order chi connectivity index (χ0) is 23.5. The molecule has 170 valence electrons. The number of carbonyl (C=O) groups excluding carboxylic acids is 1. The quantitative estimate of drug-likeness (QED) is 0.492. The van der Waals surface area contributed by atoms with E-state index in [1.54, 1.807) is 12.4 Å². The van der Waals surface area contributed by atoms with Gasteiger partial charge in [0.1, 0.15) is 22.7 Å². The van der Waals surface area contributed by atoms with E-state index in [2.05, 4.69) is 25.6 Å². The summed E-state index contributed by atoms with van der Waals surface area (Å²) in [7, 11) is 0. The maximum atomic E-state index is 11.5. The van der Waals surface area contributed by atoms with Crippen LogP contribution in [0.2, 0.25) is 5.02 Å². The summed E-state index contributed by atoms with van der Waals surface area (Å²) in [6, 6.07) is 5.75. The van der Waals surface area contributed by atoms with E-state index >= 15 is 0 Å². The zero-order valence-corrected chi connectivity index (χ0v) is 19.9. The minimum Gasteiger partial charge on any atom is -0.366 e. The summed E-state index contributed by atoms with van der Waals surface area (Å²) in [6.45, 7) is 6.39. The standard InChI is InChI=1S/C22H23ClN8OS/c1-12-5-4-6-16(23)20(12)31-14(3)29-18(27-10-15-9-25-13(2)8-26-15)7-19(31)30-22-28-11-17(33-22)21(24)32/h4-9,11,14,27,29H,10H2,1-3H3,(H2,24,32). The second-order valence-electron chi connectivity index (χ2n) is 7.50. The number of aromatic nitrogens is 3. The molecule has 1 atom stereocenters. The number of anilines is 1. The molecule has 0 radical (unpaired) electrons. The van der Waals surface area contributed by atoms with Gasteiger partial charge in [-0.25, -0.2) is 9.98 Å². The number of rotatable bonds is 6. The lowest BCUT2D eigenvalue weighted by Gasteiger charge is -2.38. The maximum Gasteiger partial charge on any atom is 0.260 e. The predicted octanol–water partition coefficient (Wildman–Crippen LogP) is 3.42. The fourth-order valence-electron chi connectivity index (χ4n) is 3.38. The van der Waals surface area contributed by atoms with Gasteiger partial charge in [0.05, 0.1) is 41.0 Å². The van der Waals surface area contributed by atoms with Crippen LogP contribution in [0.4, 0.5) is 10.8 Å². The fraction of sp³-hybridized carbons (Fsp3) is 0.227. The number of hydrogen-bond acceptors (Lipinski definition) is 8. The van der Waals surface area contributed by atoms with Crippen LogP contribution in [-0.4, -0.2) is 32.9 Å². The number of hydrogen-bond donors (Lipinski definition) is 3. The van der Waals surface area contributed by atoms with Gasteiger partial charge in [0.2, 0.25) is 5.13 Å². The van der Waals surface area contributed by atoms with Gasteiger partial charge in [0.25, 0.3) is 5.91 Å². The molecule has 1 aliphatic heterocycles. The summed E-state index contributed by atoms with van der Waals surface area (Å²) < 4.78 is 0. The Morgan fingerprint density at radius 1 is 1.27 bits per heavy atom. The molecule has 33 heavy (non-hydrogen) atoms. The zero-order valence-electron chi connectivity index (χ0n) is 18.3. The van der Waals surface area contributed by atoms with Crippen LogP contribution in [0.25, 0.3) is 0 Å². The number of aryl methyl sites for hydroxylation is 2. The minimum absolute atomic E-state index is 0.186. The molecule has 3 aromatic rings. The average Bonchev–Trinajstić information content (AvgIpc) is 3.24. The van der Waals surface area contributed by atoms with Gasteiger partial charge in [0.15, 0.2) is 0 Å². The molecule has 9 nitrogen and oxygen atoms in total. The van der Waals surface area contributed by atoms with Crippen molar-refractivity contribution in [3.63, 3.8) is 0 Å². The summed E-state index contributed by atoms with van der Waals surface area (Å²) in [4.78, 5) is 31.5. The van der Waals surface area contributed by atoms with Crippen molar-refractivity contribution in [2.24, 2.45) is 10.7 Å². The van der Waals surface area contributed by atoms with Crippen LogP contribution in [0.3, 0.4) is 0 Å². The molecule has 3 heterocycles. The van der Waals surface area contributed by atoms with Gasteiger partial charge in [0, 0.05) is 12.3 Å². The lowest BCUT2D eigenvalue weighted by molar-refractivity contribution is 0.100. The number of benzene rings is 1. The van der Waals surface area contributed by atoms with Crippen LogP contribution in [0.15, 0.2) is 53.7 Å². The Balaban J connectivity index is 1.71. The number of nitrogens with two attached hydrogens (primary N) is 1. The number of nitrogens with one attached hydrogen (secondary N) is 2. The first-order valence-electron chi connectivity index (χ1n) is 10.2. The van der Waals surface area contributed by atoms with Gasteiger partial charge in [-0.05, 0) is 32.4 Å². The van der Waals surface area contributed by atoms with Crippen molar-refractivity contribution in [3.05, 3.63) is 75.5 Å². The number of halogens is 1. The van der Waals surface area contributed by atoms with Crippen LogP contribution < -0.4 is 21.3 Å². The molecule has 0 spiro atoms. The molecule has 0 saturated carbocycles. The Kier molecular flexibility index (Phi) is 6.57. The molecule has 4 rings (SSSR count). The summed E-state index contributed by atoms with van der Waals surface area (Å²) in [6.07, 6.45) is 6.59. The highest BCUT2D eigenvalue weighted by atomic mass is 35.5. The van der Waals surface area contributed by atoms with Gasteiger partial charge >= 0.3 is 0 Å². The van der Waals surface area contributed by atoms with Crippen LogP contribution >= 0.6 is 22.9 Å². The highest BCUT2D eigenvalue weighted by Gasteiger charge is 2.28. The topological polar surface area (TPSA) is 121 Å². The van der Waals surface area contributed by atoms with Crippen molar-refractivity contribution in [1.29, 1.82) is 0 Å². The number of aliphatic imine (C=N–C) groups is 1. The molecular formula is C22H23ClN8OS. The molecule has 1 amide bonds. The molecule has 4 N–H and O–H groups in total. The summed E-state index contributed by atoms with van der Waals surface area (Å²) in [5.74, 6) is 0.838. The van der Waals surface area contributed by atoms with Crippen molar-refractivity contribution >= 4 is 45.5 Å². The van der Waals surface area contributed by atoms with Crippen LogP contribution in [0, 0.1) is 13.8 Å². The van der Waals surface area contributed by atoms with E-state index in [-0.39, 0.29) is 6.17 Å². The molecule has 0 saturated heterocycles. The van der Waals surface area contributed by atoms with E-state index in [1.165, 1.54) is 6.20 Å². The van der Waals surface area contributed by atoms with Gasteiger partial charge < -0.3 is 21.3 Å². The first kappa shape index (κ1) is 22.7. The Morgan fingerprint density at radius 3 is 2.76 bits per heavy atom. The number of thiazole rings is 1. The van der Waals surface area contributed by atoms with Gasteiger partial charge in [-0.15, -0.1) is 0 Å². The highest BCUT2D eigenvalue weighted by molar-refractivity contribution is 7.17. The minimum atomic E-state index is -0.534. The smallest absolute Gasteiger partial charge is 0.260 e. The van der Waals surface area contributed by atoms with Gasteiger partial charge in [-0.2, -0.15) is 0 Å². The van der Waals surface area contributed by atoms with E-state index in [0.717, 1.165) is 39.8 Å². The Hall–Kier alpha value is -3.50. The largest absolute Gasteiger partial charge is 0.366 e. The van der Waals surface area contributed by atoms with E-state index in [1.807, 2.05) is 49.9 Å². The number of amidine groups is 1. The lowest BCUT2D eigenvalue weighted by Crippen LogP contribution is -2.52. The first-order valence-corrected chi connectivity index (χ1v) is 11.4. The van der Waals surface area contributed by atoms with E-state index in [9.17, 15) is 4.79 Å². The molecule has 1 aromatic carbocycles. The van der Waals surface area contributed by atoms with E-state index < -0.39 is 5.91 Å². The second kappa shape index (κ2) is 9.55. The summed E-state index contributed by atoms with van der Waals surface area (Å²) in [5.41, 5.74) is 8.89. The van der Waals surface area contributed by atoms with E-state index in [0.29, 0.717) is 27.4 Å². The lowest BCUT2D eigenvalue weighted by atomic mass is 10.1. The molecular weight excluding hydrogens is 460 g/mol. The SMILES string of the molecule is Cc1cnc(CNC2=CC(=Nc3ncc(C(N)=O)s3)N(c3c(C)cccc3Cl)C(C)N2)cn1. The Bertz CT molecular complexity index is 1220. The second-order valence-corrected chi connectivity index (χ2v) is 8.91. The number of para-hydroxylation sites is 1. The van der Waals surface area contributed by atoms with Crippen LogP contribution in [0.1, 0.15) is 33.5 Å². The Labute approximate surface area is 200 Å². The van der Waals surface area contributed by atoms with Crippen molar-refractivity contribution in [3.8, 4) is 0 Å². The average molecular weight is 483 g/mol. The molecule has 0 bridgehead atoms. The highest BCUT2D eigenvalue weighted by Crippen LogP contribution is 2.33. The number of primary amides is 1. The molecule has 11 heteroatoms.